The Hall–Kier alpha value is -1.70. The Labute approximate surface area is 101 Å². The highest BCUT2D eigenvalue weighted by Gasteiger charge is 2.41. The number of nitrogens with one attached hydrogen (secondary N) is 1. The zero-order valence-electron chi connectivity index (χ0n) is 10.0. The van der Waals surface area contributed by atoms with E-state index in [1.54, 1.807) is 7.05 Å². The molecule has 0 radical (unpaired) electrons. The van der Waals surface area contributed by atoms with Crippen molar-refractivity contribution >= 4 is 12.0 Å². The number of hydrogen-bond donors (Lipinski definition) is 2. The van der Waals surface area contributed by atoms with Gasteiger partial charge in [-0.2, -0.15) is 0 Å². The van der Waals surface area contributed by atoms with Crippen LogP contribution < -0.4 is 5.32 Å². The Morgan fingerprint density at radius 2 is 2.06 bits per heavy atom. The Morgan fingerprint density at radius 1 is 1.47 bits per heavy atom. The van der Waals surface area contributed by atoms with E-state index in [1.807, 2.05) is 0 Å². The predicted molar refractivity (Wildman–Crippen MR) is 63.4 cm³/mol. The van der Waals surface area contributed by atoms with Gasteiger partial charge in [0, 0.05) is 13.6 Å². The van der Waals surface area contributed by atoms with E-state index in [4.69, 9.17) is 6.42 Å². The lowest BCUT2D eigenvalue weighted by Crippen LogP contribution is -2.45. The summed E-state index contributed by atoms with van der Waals surface area (Å²) in [6, 6.07) is -0.324. The molecule has 0 aromatic carbocycles. The third-order valence-corrected chi connectivity index (χ3v) is 3.27. The van der Waals surface area contributed by atoms with Crippen molar-refractivity contribution < 1.29 is 14.7 Å². The number of rotatable bonds is 4. The van der Waals surface area contributed by atoms with Crippen molar-refractivity contribution in [3.8, 4) is 12.3 Å². The number of carboxylic acids is 1. The van der Waals surface area contributed by atoms with Gasteiger partial charge >= 0.3 is 12.0 Å². The number of hydrogen-bond acceptors (Lipinski definition) is 2. The van der Waals surface area contributed by atoms with Gasteiger partial charge in [0.15, 0.2) is 0 Å². The van der Waals surface area contributed by atoms with Crippen molar-refractivity contribution in [2.45, 2.75) is 25.7 Å². The standard InChI is InChI=1S/C12H18N2O3/c1-3-8-14(2)11(17)13-9-12(10(15)16)6-4-5-7-12/h1H,4-9H2,2H3,(H,13,17)(H,15,16). The number of amides is 2. The third-order valence-electron chi connectivity index (χ3n) is 3.27. The van der Waals surface area contributed by atoms with Crippen molar-refractivity contribution in [2.24, 2.45) is 5.41 Å². The van der Waals surface area contributed by atoms with Gasteiger partial charge in [0.05, 0.1) is 12.0 Å². The average Bonchev–Trinajstić information content (AvgIpc) is 2.76. The highest BCUT2D eigenvalue weighted by molar-refractivity contribution is 5.78. The summed E-state index contributed by atoms with van der Waals surface area (Å²) in [5, 5.41) is 11.9. The Balaban J connectivity index is 2.51. The van der Waals surface area contributed by atoms with Gasteiger partial charge in [-0.15, -0.1) is 6.42 Å². The van der Waals surface area contributed by atoms with E-state index in [0.29, 0.717) is 12.8 Å². The lowest BCUT2D eigenvalue weighted by atomic mass is 9.86. The average molecular weight is 238 g/mol. The van der Waals surface area contributed by atoms with E-state index >= 15 is 0 Å². The molecule has 0 bridgehead atoms. The zero-order valence-corrected chi connectivity index (χ0v) is 10.0. The van der Waals surface area contributed by atoms with Gasteiger partial charge < -0.3 is 15.3 Å². The molecule has 0 saturated heterocycles. The molecule has 0 aromatic rings. The molecule has 1 aliphatic rings. The van der Waals surface area contributed by atoms with Crippen LogP contribution in [0.5, 0.6) is 0 Å². The predicted octanol–water partition coefficient (Wildman–Crippen LogP) is 0.906. The maximum absolute atomic E-state index is 11.6. The van der Waals surface area contributed by atoms with Gasteiger partial charge in [-0.05, 0) is 12.8 Å². The fourth-order valence-corrected chi connectivity index (χ4v) is 2.11. The maximum atomic E-state index is 11.6. The van der Waals surface area contributed by atoms with E-state index < -0.39 is 11.4 Å². The first-order valence-corrected chi connectivity index (χ1v) is 5.68. The molecular formula is C12H18N2O3. The molecule has 2 amide bonds. The number of aliphatic carboxylic acids is 1. The summed E-state index contributed by atoms with van der Waals surface area (Å²) in [6.07, 6.45) is 8.16. The van der Waals surface area contributed by atoms with Gasteiger partial charge in [-0.1, -0.05) is 18.8 Å². The lowest BCUT2D eigenvalue weighted by Gasteiger charge is -2.25. The Morgan fingerprint density at radius 3 is 2.53 bits per heavy atom. The number of terminal acetylenes is 1. The summed E-state index contributed by atoms with van der Waals surface area (Å²) in [7, 11) is 1.58. The van der Waals surface area contributed by atoms with Crippen molar-refractivity contribution in [2.75, 3.05) is 20.1 Å². The lowest BCUT2D eigenvalue weighted by molar-refractivity contribution is -0.148. The van der Waals surface area contributed by atoms with Crippen LogP contribution >= 0.6 is 0 Å². The van der Waals surface area contributed by atoms with Crippen molar-refractivity contribution in [3.05, 3.63) is 0 Å². The molecular weight excluding hydrogens is 220 g/mol. The topological polar surface area (TPSA) is 69.6 Å². The third kappa shape index (κ3) is 3.13. The van der Waals surface area contributed by atoms with Crippen LogP contribution in [0.1, 0.15) is 25.7 Å². The van der Waals surface area contributed by atoms with Gasteiger partial charge in [0.1, 0.15) is 0 Å². The Kier molecular flexibility index (Phi) is 4.38. The second-order valence-electron chi connectivity index (χ2n) is 4.51. The molecule has 0 aliphatic heterocycles. The molecule has 0 aromatic heterocycles. The van der Waals surface area contributed by atoms with Crippen LogP contribution in [0.2, 0.25) is 0 Å². The highest BCUT2D eigenvalue weighted by atomic mass is 16.4. The molecule has 0 heterocycles. The van der Waals surface area contributed by atoms with Crippen molar-refractivity contribution in [1.29, 1.82) is 0 Å². The van der Waals surface area contributed by atoms with Crippen LogP contribution in [0.15, 0.2) is 0 Å². The number of nitrogens with zero attached hydrogens (tertiary/aromatic N) is 1. The van der Waals surface area contributed by atoms with Gasteiger partial charge in [-0.25, -0.2) is 4.79 Å². The normalized spacial score (nSPS) is 17.2. The first-order valence-electron chi connectivity index (χ1n) is 5.68. The SMILES string of the molecule is C#CCN(C)C(=O)NCC1(C(=O)O)CCCC1. The highest BCUT2D eigenvalue weighted by Crippen LogP contribution is 2.37. The molecule has 0 atom stereocenters. The summed E-state index contributed by atoms with van der Waals surface area (Å²) in [5.74, 6) is 1.53. The van der Waals surface area contributed by atoms with Gasteiger partial charge in [-0.3, -0.25) is 4.79 Å². The quantitative estimate of drug-likeness (QED) is 0.715. The molecule has 1 saturated carbocycles. The second kappa shape index (κ2) is 5.58. The van der Waals surface area contributed by atoms with Crippen molar-refractivity contribution in [1.82, 2.24) is 10.2 Å². The van der Waals surface area contributed by atoms with Gasteiger partial charge in [0.25, 0.3) is 0 Å². The molecule has 0 spiro atoms. The molecule has 1 aliphatic carbocycles. The van der Waals surface area contributed by atoms with Crippen molar-refractivity contribution in [3.63, 3.8) is 0 Å². The number of carbonyl (C=O) groups excluding carboxylic acids is 1. The molecule has 17 heavy (non-hydrogen) atoms. The fraction of sp³-hybridized carbons (Fsp3) is 0.667. The minimum Gasteiger partial charge on any atom is -0.481 e. The molecule has 1 rings (SSSR count). The van der Waals surface area contributed by atoms with Crippen LogP contribution in [0, 0.1) is 17.8 Å². The summed E-state index contributed by atoms with van der Waals surface area (Å²) in [4.78, 5) is 24.2. The summed E-state index contributed by atoms with van der Waals surface area (Å²) < 4.78 is 0. The second-order valence-corrected chi connectivity index (χ2v) is 4.51. The van der Waals surface area contributed by atoms with E-state index in [-0.39, 0.29) is 19.1 Å². The molecule has 5 heteroatoms. The minimum absolute atomic E-state index is 0.177. The first-order chi connectivity index (χ1) is 8.02. The largest absolute Gasteiger partial charge is 0.481 e. The fourth-order valence-electron chi connectivity index (χ4n) is 2.11. The van der Waals surface area contributed by atoms with Crippen LogP contribution in [0.25, 0.3) is 0 Å². The van der Waals surface area contributed by atoms with Crippen LogP contribution in [-0.4, -0.2) is 42.1 Å². The molecule has 0 unspecified atom stereocenters. The monoisotopic (exact) mass is 238 g/mol. The number of carbonyl (C=O) groups is 2. The van der Waals surface area contributed by atoms with E-state index in [1.165, 1.54) is 4.90 Å². The van der Waals surface area contributed by atoms with Gasteiger partial charge in [0.2, 0.25) is 0 Å². The zero-order chi connectivity index (χ0) is 12.9. The first kappa shape index (κ1) is 13.4. The summed E-state index contributed by atoms with van der Waals surface area (Å²) in [6.45, 7) is 0.391. The smallest absolute Gasteiger partial charge is 0.317 e. The van der Waals surface area contributed by atoms with Crippen LogP contribution in [0.4, 0.5) is 4.79 Å². The molecule has 5 nitrogen and oxygen atoms in total. The molecule has 94 valence electrons. The van der Waals surface area contributed by atoms with E-state index in [2.05, 4.69) is 11.2 Å². The van der Waals surface area contributed by atoms with Crippen LogP contribution in [-0.2, 0) is 4.79 Å². The Bertz CT molecular complexity index is 340. The number of urea groups is 1. The maximum Gasteiger partial charge on any atom is 0.317 e. The number of carboxylic acid groups (broad SMARTS) is 1. The van der Waals surface area contributed by atoms with E-state index in [0.717, 1.165) is 12.8 Å². The molecule has 1 fully saturated rings. The minimum atomic E-state index is -0.824. The summed E-state index contributed by atoms with van der Waals surface area (Å²) >= 11 is 0. The van der Waals surface area contributed by atoms with Crippen LogP contribution in [0.3, 0.4) is 0 Å². The summed E-state index contributed by atoms with van der Waals surface area (Å²) in [5.41, 5.74) is -0.785. The molecule has 2 N–H and O–H groups in total. The van der Waals surface area contributed by atoms with E-state index in [9.17, 15) is 14.7 Å².